The van der Waals surface area contributed by atoms with Crippen molar-refractivity contribution in [2.24, 2.45) is 0 Å². The second kappa shape index (κ2) is 5.83. The van der Waals surface area contributed by atoms with E-state index >= 15 is 0 Å². The zero-order chi connectivity index (χ0) is 14.5. The van der Waals surface area contributed by atoms with Gasteiger partial charge in [-0.1, -0.05) is 0 Å². The van der Waals surface area contributed by atoms with Gasteiger partial charge in [0.1, 0.15) is 5.69 Å². The molecule has 0 aliphatic rings. The molecule has 1 aromatic heterocycles. The van der Waals surface area contributed by atoms with E-state index in [1.54, 1.807) is 12.4 Å². The number of nitro benzene ring substituents is 1. The van der Waals surface area contributed by atoms with Crippen LogP contribution in [0, 0.1) is 10.1 Å². The van der Waals surface area contributed by atoms with Crippen LogP contribution in [0.15, 0.2) is 30.6 Å². The average Bonchev–Trinajstić information content (AvgIpc) is 2.97. The molecule has 1 heterocycles. The van der Waals surface area contributed by atoms with Crippen molar-refractivity contribution < 1.29 is 9.72 Å². The van der Waals surface area contributed by atoms with Crippen molar-refractivity contribution in [1.29, 1.82) is 0 Å². The number of anilines is 1. The summed E-state index contributed by atoms with van der Waals surface area (Å²) in [7, 11) is 1.47. The van der Waals surface area contributed by atoms with Crippen LogP contribution in [0.25, 0.3) is 0 Å². The van der Waals surface area contributed by atoms with Gasteiger partial charge in [0.15, 0.2) is 0 Å². The third-order valence-corrected chi connectivity index (χ3v) is 2.72. The van der Waals surface area contributed by atoms with E-state index in [0.717, 1.165) is 5.56 Å². The maximum atomic E-state index is 11.5. The first-order valence-electron chi connectivity index (χ1n) is 5.84. The molecule has 0 saturated carbocycles. The molecule has 0 aliphatic carbocycles. The minimum atomic E-state index is -0.524. The molecule has 20 heavy (non-hydrogen) atoms. The van der Waals surface area contributed by atoms with Gasteiger partial charge < -0.3 is 10.6 Å². The lowest BCUT2D eigenvalue weighted by Gasteiger charge is -2.07. The second-order valence-electron chi connectivity index (χ2n) is 4.03. The first-order valence-corrected chi connectivity index (χ1v) is 5.84. The normalized spacial score (nSPS) is 10.1. The van der Waals surface area contributed by atoms with Crippen LogP contribution in [0.1, 0.15) is 15.9 Å². The van der Waals surface area contributed by atoms with Gasteiger partial charge in [-0.15, -0.1) is 0 Å². The Bertz CT molecular complexity index is 624. The minimum Gasteiger partial charge on any atom is -0.375 e. The highest BCUT2D eigenvalue weighted by Gasteiger charge is 2.16. The molecule has 8 nitrogen and oxygen atoms in total. The number of hydrogen-bond acceptors (Lipinski definition) is 5. The predicted molar refractivity (Wildman–Crippen MR) is 72.4 cm³/mol. The third-order valence-electron chi connectivity index (χ3n) is 2.72. The Morgan fingerprint density at radius 3 is 2.90 bits per heavy atom. The molecule has 1 amide bonds. The highest BCUT2D eigenvalue weighted by atomic mass is 16.6. The number of nitro groups is 1. The number of aromatic amines is 1. The summed E-state index contributed by atoms with van der Waals surface area (Å²) in [6.07, 6.45) is 3.31. The Balaban J connectivity index is 2.23. The summed E-state index contributed by atoms with van der Waals surface area (Å²) >= 11 is 0. The SMILES string of the molecule is CNC(=O)c1ccc(NCc2cn[nH]c2)c([N+](=O)[O-])c1. The molecule has 2 aromatic rings. The molecule has 1 aromatic carbocycles. The molecule has 0 unspecified atom stereocenters. The summed E-state index contributed by atoms with van der Waals surface area (Å²) in [4.78, 5) is 22.0. The van der Waals surface area contributed by atoms with Crippen LogP contribution < -0.4 is 10.6 Å². The predicted octanol–water partition coefficient (Wildman–Crippen LogP) is 1.29. The molecule has 0 saturated heterocycles. The van der Waals surface area contributed by atoms with Crippen LogP contribution in [-0.2, 0) is 6.54 Å². The molecule has 0 spiro atoms. The number of carbonyl (C=O) groups is 1. The van der Waals surface area contributed by atoms with Gasteiger partial charge in [0.05, 0.1) is 11.1 Å². The molecule has 3 N–H and O–H groups in total. The molecule has 0 atom stereocenters. The molecule has 0 bridgehead atoms. The Kier molecular flexibility index (Phi) is 3.94. The van der Waals surface area contributed by atoms with Crippen LogP contribution in [0.2, 0.25) is 0 Å². The number of rotatable bonds is 5. The van der Waals surface area contributed by atoms with Crippen LogP contribution in [0.3, 0.4) is 0 Å². The van der Waals surface area contributed by atoms with E-state index in [2.05, 4.69) is 20.8 Å². The quantitative estimate of drug-likeness (QED) is 0.562. The largest absolute Gasteiger partial charge is 0.375 e. The van der Waals surface area contributed by atoms with Gasteiger partial charge in [0, 0.05) is 37.0 Å². The van der Waals surface area contributed by atoms with E-state index in [9.17, 15) is 14.9 Å². The zero-order valence-corrected chi connectivity index (χ0v) is 10.7. The summed E-state index contributed by atoms with van der Waals surface area (Å²) in [5.74, 6) is -0.366. The second-order valence-corrected chi connectivity index (χ2v) is 4.03. The van der Waals surface area contributed by atoms with Gasteiger partial charge in [-0.05, 0) is 12.1 Å². The molecule has 2 rings (SSSR count). The molecular formula is C12H13N5O3. The van der Waals surface area contributed by atoms with E-state index < -0.39 is 4.92 Å². The van der Waals surface area contributed by atoms with E-state index in [1.807, 2.05) is 0 Å². The maximum Gasteiger partial charge on any atom is 0.293 e. The van der Waals surface area contributed by atoms with E-state index in [0.29, 0.717) is 12.2 Å². The number of carbonyl (C=O) groups excluding carboxylic acids is 1. The Morgan fingerprint density at radius 2 is 2.30 bits per heavy atom. The number of aromatic nitrogens is 2. The molecule has 104 valence electrons. The maximum absolute atomic E-state index is 11.5. The summed E-state index contributed by atoms with van der Waals surface area (Å²) < 4.78 is 0. The van der Waals surface area contributed by atoms with Crippen molar-refractivity contribution in [1.82, 2.24) is 15.5 Å². The van der Waals surface area contributed by atoms with Crippen LogP contribution >= 0.6 is 0 Å². The van der Waals surface area contributed by atoms with Gasteiger partial charge in [-0.2, -0.15) is 5.10 Å². The van der Waals surface area contributed by atoms with Crippen molar-refractivity contribution >= 4 is 17.3 Å². The summed E-state index contributed by atoms with van der Waals surface area (Å²) in [5.41, 5.74) is 1.32. The number of nitrogens with zero attached hydrogens (tertiary/aromatic N) is 2. The summed E-state index contributed by atoms with van der Waals surface area (Å²) in [6, 6.07) is 4.29. The number of H-pyrrole nitrogens is 1. The molecule has 8 heteroatoms. The first-order chi connectivity index (χ1) is 9.61. The lowest BCUT2D eigenvalue weighted by molar-refractivity contribution is -0.384. The molecule has 0 aliphatic heterocycles. The van der Waals surface area contributed by atoms with Crippen molar-refractivity contribution in [3.8, 4) is 0 Å². The lowest BCUT2D eigenvalue weighted by atomic mass is 10.1. The topological polar surface area (TPSA) is 113 Å². The van der Waals surface area contributed by atoms with Crippen LogP contribution in [-0.4, -0.2) is 28.1 Å². The lowest BCUT2D eigenvalue weighted by Crippen LogP contribution is -2.18. The molecule has 0 radical (unpaired) electrons. The van der Waals surface area contributed by atoms with Gasteiger partial charge in [-0.3, -0.25) is 20.0 Å². The number of amides is 1. The Labute approximate surface area is 114 Å². The van der Waals surface area contributed by atoms with Crippen molar-refractivity contribution in [2.75, 3.05) is 12.4 Å². The standard InChI is InChI=1S/C12H13N5O3/c1-13-12(18)9-2-3-10(11(4-9)17(19)20)14-5-8-6-15-16-7-8/h2-4,6-7,14H,5H2,1H3,(H,13,18)(H,15,16). The molecule has 0 fully saturated rings. The average molecular weight is 275 g/mol. The van der Waals surface area contributed by atoms with Gasteiger partial charge in [0.2, 0.25) is 0 Å². The van der Waals surface area contributed by atoms with Crippen molar-refractivity contribution in [2.45, 2.75) is 6.54 Å². The minimum absolute atomic E-state index is 0.144. The number of nitrogens with one attached hydrogen (secondary N) is 3. The van der Waals surface area contributed by atoms with Crippen molar-refractivity contribution in [3.63, 3.8) is 0 Å². The monoisotopic (exact) mass is 275 g/mol. The van der Waals surface area contributed by atoms with E-state index in [4.69, 9.17) is 0 Å². The van der Waals surface area contributed by atoms with Crippen molar-refractivity contribution in [3.05, 3.63) is 51.8 Å². The van der Waals surface area contributed by atoms with Crippen LogP contribution in [0.4, 0.5) is 11.4 Å². The van der Waals surface area contributed by atoms with E-state index in [-0.39, 0.29) is 17.2 Å². The van der Waals surface area contributed by atoms with Crippen LogP contribution in [0.5, 0.6) is 0 Å². The van der Waals surface area contributed by atoms with E-state index in [1.165, 1.54) is 25.2 Å². The highest BCUT2D eigenvalue weighted by molar-refractivity contribution is 5.95. The summed E-state index contributed by atoms with van der Waals surface area (Å²) in [6.45, 7) is 0.399. The zero-order valence-electron chi connectivity index (χ0n) is 10.7. The first kappa shape index (κ1) is 13.5. The number of hydrogen-bond donors (Lipinski definition) is 3. The third kappa shape index (κ3) is 2.91. The highest BCUT2D eigenvalue weighted by Crippen LogP contribution is 2.26. The number of benzene rings is 1. The fourth-order valence-corrected chi connectivity index (χ4v) is 1.69. The van der Waals surface area contributed by atoms with Gasteiger partial charge in [-0.25, -0.2) is 0 Å². The van der Waals surface area contributed by atoms with Gasteiger partial charge in [0.25, 0.3) is 11.6 Å². The summed E-state index contributed by atoms with van der Waals surface area (Å²) in [5, 5.41) is 22.9. The van der Waals surface area contributed by atoms with Gasteiger partial charge >= 0.3 is 0 Å². The Hall–Kier alpha value is -2.90. The Morgan fingerprint density at radius 1 is 1.50 bits per heavy atom. The fourth-order valence-electron chi connectivity index (χ4n) is 1.69. The smallest absolute Gasteiger partial charge is 0.293 e. The molecular weight excluding hydrogens is 262 g/mol. The fraction of sp³-hybridized carbons (Fsp3) is 0.167.